The minimum atomic E-state index is -0.465. The van der Waals surface area contributed by atoms with Crippen LogP contribution in [0.1, 0.15) is 30.5 Å². The van der Waals surface area contributed by atoms with Crippen molar-refractivity contribution >= 4 is 11.8 Å². The number of halogens is 1. The number of hydrogen-bond acceptors (Lipinski definition) is 5. The Morgan fingerprint density at radius 2 is 1.72 bits per heavy atom. The third-order valence-electron chi connectivity index (χ3n) is 4.61. The van der Waals surface area contributed by atoms with E-state index in [4.69, 9.17) is 9.47 Å². The Morgan fingerprint density at radius 1 is 1.03 bits per heavy atom. The molecule has 0 aliphatic heterocycles. The van der Waals surface area contributed by atoms with Crippen molar-refractivity contribution in [2.24, 2.45) is 0 Å². The second kappa shape index (κ2) is 10.9. The van der Waals surface area contributed by atoms with Crippen LogP contribution in [0.4, 0.5) is 4.39 Å². The highest BCUT2D eigenvalue weighted by atomic mass is 19.1. The van der Waals surface area contributed by atoms with Crippen LogP contribution in [0.15, 0.2) is 66.9 Å². The lowest BCUT2D eigenvalue weighted by Crippen LogP contribution is -2.32. The zero-order valence-electron chi connectivity index (χ0n) is 17.8. The van der Waals surface area contributed by atoms with Gasteiger partial charge >= 0.3 is 0 Å². The zero-order valence-corrected chi connectivity index (χ0v) is 17.8. The predicted molar refractivity (Wildman–Crippen MR) is 117 cm³/mol. The Labute approximate surface area is 185 Å². The number of nitrogens with one attached hydrogen (secondary N) is 2. The van der Waals surface area contributed by atoms with Crippen molar-refractivity contribution in [3.8, 4) is 17.4 Å². The predicted octanol–water partition coefficient (Wildman–Crippen LogP) is 3.91. The van der Waals surface area contributed by atoms with Crippen molar-refractivity contribution in [1.82, 2.24) is 15.6 Å². The fraction of sp³-hybridized carbons (Fsp3) is 0.208. The molecule has 1 atom stereocenters. The summed E-state index contributed by atoms with van der Waals surface area (Å²) in [6.07, 6.45) is 1.65. The Hall–Kier alpha value is -3.94. The monoisotopic (exact) mass is 437 g/mol. The molecule has 1 aromatic heterocycles. The van der Waals surface area contributed by atoms with Crippen LogP contribution in [-0.4, -0.2) is 23.9 Å². The summed E-state index contributed by atoms with van der Waals surface area (Å²) in [5.41, 5.74) is 1.58. The third-order valence-corrected chi connectivity index (χ3v) is 4.61. The maximum Gasteiger partial charge on any atom is 0.222 e. The Morgan fingerprint density at radius 3 is 2.38 bits per heavy atom. The van der Waals surface area contributed by atoms with E-state index in [1.54, 1.807) is 37.6 Å². The molecule has 166 valence electrons. The molecule has 1 heterocycles. The first-order chi connectivity index (χ1) is 15.4. The fourth-order valence-corrected chi connectivity index (χ4v) is 3.03. The van der Waals surface area contributed by atoms with Gasteiger partial charge in [0.2, 0.25) is 17.7 Å². The largest absolute Gasteiger partial charge is 0.497 e. The second-order valence-electron chi connectivity index (χ2n) is 7.07. The quantitative estimate of drug-likeness (QED) is 0.530. The van der Waals surface area contributed by atoms with Crippen LogP contribution in [0.2, 0.25) is 0 Å². The summed E-state index contributed by atoms with van der Waals surface area (Å²) in [6, 6.07) is 15.8. The highest BCUT2D eigenvalue weighted by Crippen LogP contribution is 2.22. The summed E-state index contributed by atoms with van der Waals surface area (Å²) in [5.74, 6) is 0.674. The molecule has 2 N–H and O–H groups in total. The number of benzene rings is 2. The van der Waals surface area contributed by atoms with Gasteiger partial charge in [0, 0.05) is 25.7 Å². The molecule has 7 nitrogen and oxygen atoms in total. The molecule has 8 heteroatoms. The minimum Gasteiger partial charge on any atom is -0.497 e. The molecular formula is C24H24FN3O4. The molecule has 0 saturated heterocycles. The van der Waals surface area contributed by atoms with Crippen molar-refractivity contribution in [1.29, 1.82) is 0 Å². The number of rotatable bonds is 9. The lowest BCUT2D eigenvalue weighted by Gasteiger charge is -2.18. The standard InChI is InChI=1S/C24H24FN3O4/c1-16(29)28-22(18-3-7-20(31-2)8-4-18)14-23(30)27-15-17-11-12-26-24(13-17)32-21-9-5-19(25)6-10-21/h3-13,22H,14-15H2,1-2H3,(H,27,30)(H,28,29). The highest BCUT2D eigenvalue weighted by molar-refractivity contribution is 5.79. The molecule has 0 spiro atoms. The van der Waals surface area contributed by atoms with E-state index in [-0.39, 0.29) is 30.6 Å². The molecule has 2 aromatic carbocycles. The number of carbonyl (C=O) groups excluding carboxylic acids is 2. The van der Waals surface area contributed by atoms with Gasteiger partial charge in [0.1, 0.15) is 17.3 Å². The summed E-state index contributed by atoms with van der Waals surface area (Å²) in [7, 11) is 1.57. The SMILES string of the molecule is COc1ccc(C(CC(=O)NCc2ccnc(Oc3ccc(F)cc3)c2)NC(C)=O)cc1. The lowest BCUT2D eigenvalue weighted by atomic mass is 10.0. The van der Waals surface area contributed by atoms with Gasteiger partial charge in [-0.2, -0.15) is 0 Å². The van der Waals surface area contributed by atoms with Crippen LogP contribution in [0, 0.1) is 5.82 Å². The first-order valence-corrected chi connectivity index (χ1v) is 9.99. The molecular weight excluding hydrogens is 413 g/mol. The van der Waals surface area contributed by atoms with Crippen LogP contribution in [-0.2, 0) is 16.1 Å². The number of pyridine rings is 1. The number of methoxy groups -OCH3 is 1. The van der Waals surface area contributed by atoms with Gasteiger partial charge in [-0.1, -0.05) is 12.1 Å². The molecule has 32 heavy (non-hydrogen) atoms. The van der Waals surface area contributed by atoms with Gasteiger partial charge < -0.3 is 20.1 Å². The molecule has 2 amide bonds. The molecule has 0 aliphatic rings. The topological polar surface area (TPSA) is 89.6 Å². The molecule has 0 bridgehead atoms. The maximum atomic E-state index is 13.0. The average Bonchev–Trinajstić information content (AvgIpc) is 2.79. The van der Waals surface area contributed by atoms with Crippen LogP contribution < -0.4 is 20.1 Å². The van der Waals surface area contributed by atoms with Crippen LogP contribution in [0.3, 0.4) is 0 Å². The Kier molecular flexibility index (Phi) is 7.75. The summed E-state index contributed by atoms with van der Waals surface area (Å²) in [6.45, 7) is 1.67. The number of carbonyl (C=O) groups is 2. The van der Waals surface area contributed by atoms with Crippen LogP contribution in [0.25, 0.3) is 0 Å². The van der Waals surface area contributed by atoms with Crippen LogP contribution >= 0.6 is 0 Å². The van der Waals surface area contributed by atoms with E-state index in [0.29, 0.717) is 17.4 Å². The van der Waals surface area contributed by atoms with Gasteiger partial charge in [0.05, 0.1) is 19.6 Å². The van der Waals surface area contributed by atoms with E-state index in [2.05, 4.69) is 15.6 Å². The molecule has 1 unspecified atom stereocenters. The average molecular weight is 437 g/mol. The number of nitrogens with zero attached hydrogens (tertiary/aromatic N) is 1. The van der Waals surface area contributed by atoms with Crippen molar-refractivity contribution < 1.29 is 23.5 Å². The van der Waals surface area contributed by atoms with Gasteiger partial charge in [-0.25, -0.2) is 9.37 Å². The number of amides is 2. The highest BCUT2D eigenvalue weighted by Gasteiger charge is 2.17. The van der Waals surface area contributed by atoms with E-state index in [9.17, 15) is 14.0 Å². The van der Waals surface area contributed by atoms with Gasteiger partial charge in [-0.15, -0.1) is 0 Å². The second-order valence-corrected chi connectivity index (χ2v) is 7.07. The van der Waals surface area contributed by atoms with Gasteiger partial charge in [0.25, 0.3) is 0 Å². The van der Waals surface area contributed by atoms with Gasteiger partial charge in [-0.3, -0.25) is 9.59 Å². The third kappa shape index (κ3) is 6.80. The van der Waals surface area contributed by atoms with Crippen LogP contribution in [0.5, 0.6) is 17.4 Å². The minimum absolute atomic E-state index is 0.0793. The summed E-state index contributed by atoms with van der Waals surface area (Å²) in [4.78, 5) is 28.3. The number of aromatic nitrogens is 1. The van der Waals surface area contributed by atoms with Gasteiger partial charge in [-0.05, 0) is 53.6 Å². The van der Waals surface area contributed by atoms with E-state index < -0.39 is 6.04 Å². The molecule has 3 aromatic rings. The summed E-state index contributed by atoms with van der Waals surface area (Å²) < 4.78 is 23.8. The zero-order chi connectivity index (χ0) is 22.9. The van der Waals surface area contributed by atoms with E-state index >= 15 is 0 Å². The molecule has 3 rings (SSSR count). The van der Waals surface area contributed by atoms with E-state index in [0.717, 1.165) is 11.1 Å². The van der Waals surface area contributed by atoms with Crippen molar-refractivity contribution in [3.05, 3.63) is 83.8 Å². The van der Waals surface area contributed by atoms with Crippen molar-refractivity contribution in [3.63, 3.8) is 0 Å². The maximum absolute atomic E-state index is 13.0. The van der Waals surface area contributed by atoms with E-state index in [1.165, 1.54) is 31.2 Å². The summed E-state index contributed by atoms with van der Waals surface area (Å²) in [5, 5.41) is 5.65. The fourth-order valence-electron chi connectivity index (χ4n) is 3.03. The lowest BCUT2D eigenvalue weighted by molar-refractivity contribution is -0.122. The molecule has 0 radical (unpaired) electrons. The molecule has 0 saturated carbocycles. The molecule has 0 aliphatic carbocycles. The summed E-state index contributed by atoms with van der Waals surface area (Å²) >= 11 is 0. The normalized spacial score (nSPS) is 11.3. The molecule has 0 fully saturated rings. The van der Waals surface area contributed by atoms with E-state index in [1.807, 2.05) is 12.1 Å². The first-order valence-electron chi connectivity index (χ1n) is 9.99. The Bertz CT molecular complexity index is 1060. The number of hydrogen-bond donors (Lipinski definition) is 2. The van der Waals surface area contributed by atoms with Crippen molar-refractivity contribution in [2.75, 3.05) is 7.11 Å². The number of ether oxygens (including phenoxy) is 2. The first kappa shape index (κ1) is 22.7. The smallest absolute Gasteiger partial charge is 0.222 e. The Balaban J connectivity index is 1.59. The van der Waals surface area contributed by atoms with Crippen molar-refractivity contribution in [2.45, 2.75) is 25.9 Å². The van der Waals surface area contributed by atoms with Gasteiger partial charge in [0.15, 0.2) is 0 Å².